The van der Waals surface area contributed by atoms with Crippen molar-refractivity contribution >= 4 is 32.6 Å². The molecule has 196 valence electrons. The van der Waals surface area contributed by atoms with Crippen molar-refractivity contribution < 1.29 is 37.5 Å². The number of aliphatic carboxylic acids is 2. The summed E-state index contributed by atoms with van der Waals surface area (Å²) in [6.07, 6.45) is 2.70. The molecule has 2 unspecified atom stereocenters. The molecule has 0 aromatic heterocycles. The number of carboxylic acids is 2. The Morgan fingerprint density at radius 3 is 2.22 bits per heavy atom. The van der Waals surface area contributed by atoms with Crippen LogP contribution in [0.1, 0.15) is 23.6 Å². The van der Waals surface area contributed by atoms with E-state index in [9.17, 15) is 12.6 Å². The number of hydrogen-bond acceptors (Lipinski definition) is 8. The average molecular weight is 539 g/mol. The molecule has 0 saturated carbocycles. The number of aliphatic hydroxyl groups excluding tert-OH is 1. The Kier molecular flexibility index (Phi) is 9.36. The molecule has 36 heavy (non-hydrogen) atoms. The van der Waals surface area contributed by atoms with E-state index in [0.29, 0.717) is 11.3 Å². The minimum atomic E-state index is -3.36. The number of benzene rings is 2. The van der Waals surface area contributed by atoms with Crippen molar-refractivity contribution in [2.24, 2.45) is 0 Å². The lowest BCUT2D eigenvalue weighted by Crippen LogP contribution is -2.48. The summed E-state index contributed by atoms with van der Waals surface area (Å²) in [5, 5.41) is 23.9. The van der Waals surface area contributed by atoms with Gasteiger partial charge in [0.25, 0.3) is 0 Å². The van der Waals surface area contributed by atoms with Gasteiger partial charge >= 0.3 is 11.9 Å². The second-order valence-corrected chi connectivity index (χ2v) is 12.1. The zero-order valence-corrected chi connectivity index (χ0v) is 21.5. The summed E-state index contributed by atoms with van der Waals surface area (Å²) in [4.78, 5) is 24.7. The number of hydrogen-bond donors (Lipinski definition) is 3. The molecule has 2 aliphatic rings. The largest absolute Gasteiger partial charge is 0.473 e. The highest BCUT2D eigenvalue weighted by Crippen LogP contribution is 2.38. The summed E-state index contributed by atoms with van der Waals surface area (Å²) >= 11 is 0. The Bertz CT molecular complexity index is 1230. The summed E-state index contributed by atoms with van der Waals surface area (Å²) in [5.74, 6) is -3.65. The van der Waals surface area contributed by atoms with Crippen molar-refractivity contribution in [2.45, 2.75) is 33.6 Å². The van der Waals surface area contributed by atoms with Crippen LogP contribution in [0.4, 0.5) is 0 Å². The van der Waals surface area contributed by atoms with Gasteiger partial charge in [-0.25, -0.2) is 22.2 Å². The molecule has 12 heteroatoms. The zero-order valence-electron chi connectivity index (χ0n) is 19.9. The van der Waals surface area contributed by atoms with Gasteiger partial charge in [0.05, 0.1) is 15.7 Å². The van der Waals surface area contributed by atoms with Crippen LogP contribution in [0.25, 0.3) is 0 Å². The second kappa shape index (κ2) is 12.1. The van der Waals surface area contributed by atoms with Crippen molar-refractivity contribution in [3.63, 3.8) is 0 Å². The Balaban J connectivity index is 0.000000538. The van der Waals surface area contributed by atoms with Gasteiger partial charge in [-0.05, 0) is 48.2 Å². The molecule has 0 bridgehead atoms. The molecule has 0 amide bonds. The minimum Gasteiger partial charge on any atom is -0.473 e. The molecule has 3 N–H and O–H groups in total. The van der Waals surface area contributed by atoms with E-state index in [1.54, 1.807) is 18.2 Å². The molecule has 10 nitrogen and oxygen atoms in total. The third kappa shape index (κ3) is 6.77. The van der Waals surface area contributed by atoms with Crippen molar-refractivity contribution in [1.29, 1.82) is 0 Å². The van der Waals surface area contributed by atoms with E-state index < -0.39 is 32.6 Å². The normalized spacial score (nSPS) is 20.3. The quantitative estimate of drug-likeness (QED) is 0.470. The molecule has 1 saturated heterocycles. The maximum Gasteiger partial charge on any atom is 0.414 e. The van der Waals surface area contributed by atoms with Gasteiger partial charge < -0.3 is 20.2 Å². The van der Waals surface area contributed by atoms with E-state index in [2.05, 4.69) is 9.80 Å². The summed E-state index contributed by atoms with van der Waals surface area (Å²) in [6, 6.07) is 12.8. The van der Waals surface area contributed by atoms with Crippen LogP contribution < -0.4 is 0 Å². The van der Waals surface area contributed by atoms with Gasteiger partial charge in [-0.2, -0.15) is 0 Å². The monoisotopic (exact) mass is 538 g/mol. The van der Waals surface area contributed by atoms with E-state index in [0.717, 1.165) is 55.2 Å². The molecule has 4 rings (SSSR count). The first kappa shape index (κ1) is 27.9. The summed E-state index contributed by atoms with van der Waals surface area (Å²) in [6.45, 7) is 4.61. The summed E-state index contributed by atoms with van der Waals surface area (Å²) in [5.41, 5.74) is 1.91. The number of aliphatic hydroxyl groups is 1. The molecule has 1 fully saturated rings. The molecule has 2 aromatic rings. The van der Waals surface area contributed by atoms with Gasteiger partial charge in [0.1, 0.15) is 0 Å². The first-order valence-corrected chi connectivity index (χ1v) is 14.4. The Hall–Kier alpha value is -2.64. The maximum atomic E-state index is 13.4. The number of rotatable bonds is 5. The third-order valence-corrected chi connectivity index (χ3v) is 8.90. The number of carbonyl (C=O) groups is 2. The molecule has 2 atom stereocenters. The SMILES string of the molecule is CS(=O)(=O)c1ccc2c(c1)C(N1CCN(CCCO)CC1)Cc1ccccc1S2=O.O=C(O)C(=O)O. The number of fused-ring (bicyclic) bond motifs is 2. The third-order valence-electron chi connectivity index (χ3n) is 6.22. The van der Waals surface area contributed by atoms with E-state index in [1.807, 2.05) is 24.3 Å². The Morgan fingerprint density at radius 2 is 1.64 bits per heavy atom. The predicted molar refractivity (Wildman–Crippen MR) is 132 cm³/mol. The number of nitrogens with zero attached hydrogens (tertiary/aromatic N) is 2. The highest BCUT2D eigenvalue weighted by atomic mass is 32.2. The van der Waals surface area contributed by atoms with Crippen LogP contribution in [0.2, 0.25) is 0 Å². The van der Waals surface area contributed by atoms with Gasteiger partial charge in [-0.3, -0.25) is 4.90 Å². The van der Waals surface area contributed by atoms with E-state index in [4.69, 9.17) is 24.9 Å². The molecular weight excluding hydrogens is 508 g/mol. The summed E-state index contributed by atoms with van der Waals surface area (Å²) < 4.78 is 37.8. The Morgan fingerprint density at radius 1 is 1.00 bits per heavy atom. The fourth-order valence-electron chi connectivity index (χ4n) is 4.40. The zero-order chi connectivity index (χ0) is 26.5. The molecule has 0 radical (unpaired) electrons. The molecule has 2 aliphatic heterocycles. The van der Waals surface area contributed by atoms with Gasteiger partial charge in [0.2, 0.25) is 0 Å². The minimum absolute atomic E-state index is 0.0192. The molecule has 2 heterocycles. The number of piperazine rings is 1. The summed E-state index contributed by atoms with van der Waals surface area (Å²) in [7, 11) is -4.69. The molecule has 0 aliphatic carbocycles. The van der Waals surface area contributed by atoms with Crippen LogP contribution >= 0.6 is 0 Å². The Labute approximate surface area is 212 Å². The van der Waals surface area contributed by atoms with Crippen LogP contribution in [0.5, 0.6) is 0 Å². The lowest BCUT2D eigenvalue weighted by atomic mass is 9.96. The maximum absolute atomic E-state index is 13.4. The van der Waals surface area contributed by atoms with E-state index in [1.165, 1.54) is 6.26 Å². The van der Waals surface area contributed by atoms with E-state index >= 15 is 0 Å². The van der Waals surface area contributed by atoms with E-state index in [-0.39, 0.29) is 17.5 Å². The van der Waals surface area contributed by atoms with Crippen molar-refractivity contribution in [3.8, 4) is 0 Å². The first-order chi connectivity index (χ1) is 17.0. The number of carboxylic acid groups (broad SMARTS) is 2. The first-order valence-electron chi connectivity index (χ1n) is 11.4. The average Bonchev–Trinajstić information content (AvgIpc) is 2.97. The highest BCUT2D eigenvalue weighted by Gasteiger charge is 2.32. The standard InChI is InChI=1S/C22H28N2O4S2.C2H2O4/c1-30(27,28)18-7-8-22-19(16-18)20(15-17-5-2-3-6-21(17)29(22)26)24-12-10-23(11-13-24)9-4-14-25;3-1(4)2(5)6/h2-3,5-8,16,20,25H,4,9-15H2,1H3;(H,3,4)(H,5,6). The van der Waals surface area contributed by atoms with Crippen LogP contribution in [0, 0.1) is 0 Å². The van der Waals surface area contributed by atoms with Crippen LogP contribution in [-0.2, 0) is 36.6 Å². The lowest BCUT2D eigenvalue weighted by Gasteiger charge is -2.39. The molecule has 2 aromatic carbocycles. The second-order valence-electron chi connectivity index (χ2n) is 8.63. The number of sulfone groups is 1. The fourth-order valence-corrected chi connectivity index (χ4v) is 6.48. The van der Waals surface area contributed by atoms with Crippen LogP contribution in [0.15, 0.2) is 57.2 Å². The van der Waals surface area contributed by atoms with Gasteiger partial charge in [-0.15, -0.1) is 0 Å². The molecule has 0 spiro atoms. The van der Waals surface area contributed by atoms with Gasteiger partial charge in [0.15, 0.2) is 9.84 Å². The molecular formula is C24H30N2O8S2. The van der Waals surface area contributed by atoms with Gasteiger partial charge in [0, 0.05) is 61.4 Å². The topological polar surface area (TPSA) is 153 Å². The van der Waals surface area contributed by atoms with Crippen LogP contribution in [-0.4, -0.2) is 95.3 Å². The fraction of sp³-hybridized carbons (Fsp3) is 0.417. The van der Waals surface area contributed by atoms with Crippen molar-refractivity contribution in [3.05, 3.63) is 53.6 Å². The van der Waals surface area contributed by atoms with Crippen molar-refractivity contribution in [2.75, 3.05) is 45.6 Å². The smallest absolute Gasteiger partial charge is 0.414 e. The lowest BCUT2D eigenvalue weighted by molar-refractivity contribution is -0.159. The highest BCUT2D eigenvalue weighted by molar-refractivity contribution is 7.90. The van der Waals surface area contributed by atoms with Crippen molar-refractivity contribution in [1.82, 2.24) is 9.80 Å². The predicted octanol–water partition coefficient (Wildman–Crippen LogP) is 1.01. The van der Waals surface area contributed by atoms with Crippen LogP contribution in [0.3, 0.4) is 0 Å². The van der Waals surface area contributed by atoms with Gasteiger partial charge in [-0.1, -0.05) is 18.2 Å².